The van der Waals surface area contributed by atoms with Gasteiger partial charge in [-0.25, -0.2) is 0 Å². The van der Waals surface area contributed by atoms with Gasteiger partial charge in [0.05, 0.1) is 11.4 Å². The zero-order valence-electron chi connectivity index (χ0n) is 11.1. The number of nitrogens with two attached hydrogens (primary N) is 1. The predicted molar refractivity (Wildman–Crippen MR) is 74.5 cm³/mol. The molecule has 0 radical (unpaired) electrons. The lowest BCUT2D eigenvalue weighted by molar-refractivity contribution is -0.127. The van der Waals surface area contributed by atoms with Crippen molar-refractivity contribution < 1.29 is 4.79 Å². The maximum absolute atomic E-state index is 12.1. The summed E-state index contributed by atoms with van der Waals surface area (Å²) in [4.78, 5) is 16.1. The van der Waals surface area contributed by atoms with E-state index in [1.165, 1.54) is 0 Å². The van der Waals surface area contributed by atoms with Gasteiger partial charge in [-0.3, -0.25) is 4.79 Å². The second-order valence-corrected chi connectivity index (χ2v) is 4.82. The van der Waals surface area contributed by atoms with Crippen LogP contribution in [0.25, 0.3) is 0 Å². The number of nitrogens with zero attached hydrogens (tertiary/aromatic N) is 2. The van der Waals surface area contributed by atoms with Crippen LogP contribution < -0.4 is 10.6 Å². The number of amides is 1. The maximum atomic E-state index is 12.1. The Morgan fingerprint density at radius 2 is 2.17 bits per heavy atom. The number of likely N-dealkylation sites (N-methyl/N-ethyl adjacent to an activating group) is 1. The number of rotatable bonds is 4. The van der Waals surface area contributed by atoms with Gasteiger partial charge in [0.1, 0.15) is 6.04 Å². The Balaban J connectivity index is 2.29. The van der Waals surface area contributed by atoms with E-state index in [2.05, 4.69) is 11.8 Å². The number of nitrogen functional groups attached to an aromatic ring is 1. The second kappa shape index (κ2) is 5.29. The normalized spacial score (nSPS) is 19.3. The molecule has 18 heavy (non-hydrogen) atoms. The molecule has 1 amide bonds. The molecule has 98 valence electrons. The molecule has 1 heterocycles. The van der Waals surface area contributed by atoms with Gasteiger partial charge >= 0.3 is 0 Å². The van der Waals surface area contributed by atoms with Gasteiger partial charge in [-0.05, 0) is 25.0 Å². The number of benzene rings is 1. The monoisotopic (exact) mass is 247 g/mol. The van der Waals surface area contributed by atoms with Gasteiger partial charge in [0.15, 0.2) is 0 Å². The minimum Gasteiger partial charge on any atom is -0.397 e. The van der Waals surface area contributed by atoms with Crippen LogP contribution in [0.5, 0.6) is 0 Å². The lowest BCUT2D eigenvalue weighted by Crippen LogP contribution is -2.42. The SMILES string of the molecule is CCCN(c1ccccc1N)C1CCN(C)C1=O. The molecule has 0 saturated carbocycles. The van der Waals surface area contributed by atoms with E-state index >= 15 is 0 Å². The van der Waals surface area contributed by atoms with Crippen LogP contribution in [0.15, 0.2) is 24.3 Å². The van der Waals surface area contributed by atoms with E-state index in [1.807, 2.05) is 31.3 Å². The number of hydrogen-bond acceptors (Lipinski definition) is 3. The van der Waals surface area contributed by atoms with Crippen molar-refractivity contribution in [3.8, 4) is 0 Å². The Morgan fingerprint density at radius 1 is 1.44 bits per heavy atom. The minimum atomic E-state index is -0.0559. The van der Waals surface area contributed by atoms with Gasteiger partial charge in [-0.15, -0.1) is 0 Å². The molecule has 0 spiro atoms. The number of para-hydroxylation sites is 2. The van der Waals surface area contributed by atoms with Gasteiger partial charge in [0.2, 0.25) is 5.91 Å². The highest BCUT2D eigenvalue weighted by atomic mass is 16.2. The Morgan fingerprint density at radius 3 is 2.72 bits per heavy atom. The van der Waals surface area contributed by atoms with Gasteiger partial charge in [-0.1, -0.05) is 19.1 Å². The molecule has 1 aromatic carbocycles. The first-order valence-electron chi connectivity index (χ1n) is 6.51. The van der Waals surface area contributed by atoms with Crippen LogP contribution in [0, 0.1) is 0 Å². The molecule has 4 heteroatoms. The zero-order valence-corrected chi connectivity index (χ0v) is 11.1. The number of hydrogen-bond donors (Lipinski definition) is 1. The third-order valence-electron chi connectivity index (χ3n) is 3.49. The third kappa shape index (κ3) is 2.28. The zero-order chi connectivity index (χ0) is 13.1. The fourth-order valence-electron chi connectivity index (χ4n) is 2.53. The lowest BCUT2D eigenvalue weighted by Gasteiger charge is -2.30. The first-order chi connectivity index (χ1) is 8.65. The Bertz CT molecular complexity index is 433. The van der Waals surface area contributed by atoms with Crippen molar-refractivity contribution in [1.82, 2.24) is 4.90 Å². The molecule has 1 aliphatic rings. The predicted octanol–water partition coefficient (Wildman–Crippen LogP) is 1.72. The van der Waals surface area contributed by atoms with Gasteiger partial charge in [0, 0.05) is 20.1 Å². The smallest absolute Gasteiger partial charge is 0.245 e. The molecule has 1 aliphatic heterocycles. The summed E-state index contributed by atoms with van der Waals surface area (Å²) in [5, 5.41) is 0. The van der Waals surface area contributed by atoms with Crippen molar-refractivity contribution in [3.05, 3.63) is 24.3 Å². The highest BCUT2D eigenvalue weighted by molar-refractivity contribution is 5.88. The van der Waals surface area contributed by atoms with Crippen LogP contribution in [-0.4, -0.2) is 37.0 Å². The molecular weight excluding hydrogens is 226 g/mol. The van der Waals surface area contributed by atoms with Gasteiger partial charge < -0.3 is 15.5 Å². The molecule has 0 aromatic heterocycles. The van der Waals surface area contributed by atoms with Crippen LogP contribution in [0.2, 0.25) is 0 Å². The molecule has 1 saturated heterocycles. The minimum absolute atomic E-state index is 0.0559. The summed E-state index contributed by atoms with van der Waals surface area (Å²) in [5.74, 6) is 0.201. The second-order valence-electron chi connectivity index (χ2n) is 4.82. The third-order valence-corrected chi connectivity index (χ3v) is 3.49. The van der Waals surface area contributed by atoms with Gasteiger partial charge in [-0.2, -0.15) is 0 Å². The number of anilines is 2. The van der Waals surface area contributed by atoms with Gasteiger partial charge in [0.25, 0.3) is 0 Å². The van der Waals surface area contributed by atoms with E-state index in [0.717, 1.165) is 37.3 Å². The summed E-state index contributed by atoms with van der Waals surface area (Å²) in [7, 11) is 1.86. The summed E-state index contributed by atoms with van der Waals surface area (Å²) in [5.41, 5.74) is 7.76. The first kappa shape index (κ1) is 12.7. The fraction of sp³-hybridized carbons (Fsp3) is 0.500. The lowest BCUT2D eigenvalue weighted by atomic mass is 10.1. The topological polar surface area (TPSA) is 49.6 Å². The molecule has 1 fully saturated rings. The molecule has 1 unspecified atom stereocenters. The summed E-state index contributed by atoms with van der Waals surface area (Å²) in [6.07, 6.45) is 1.88. The number of carbonyl (C=O) groups excluding carboxylic acids is 1. The number of carbonyl (C=O) groups is 1. The molecule has 2 N–H and O–H groups in total. The molecule has 2 rings (SSSR count). The van der Waals surface area contributed by atoms with Crippen molar-refractivity contribution >= 4 is 17.3 Å². The fourth-order valence-corrected chi connectivity index (χ4v) is 2.53. The van der Waals surface area contributed by atoms with Crippen molar-refractivity contribution in [3.63, 3.8) is 0 Å². The van der Waals surface area contributed by atoms with E-state index in [1.54, 1.807) is 4.90 Å². The van der Waals surface area contributed by atoms with Crippen LogP contribution in [0.4, 0.5) is 11.4 Å². The van der Waals surface area contributed by atoms with E-state index < -0.39 is 0 Å². The number of likely N-dealkylation sites (tertiary alicyclic amines) is 1. The molecule has 1 aromatic rings. The van der Waals surface area contributed by atoms with E-state index in [9.17, 15) is 4.79 Å². The Kier molecular flexibility index (Phi) is 3.75. The van der Waals surface area contributed by atoms with Crippen LogP contribution in [0.1, 0.15) is 19.8 Å². The van der Waals surface area contributed by atoms with E-state index in [-0.39, 0.29) is 11.9 Å². The Labute approximate surface area is 108 Å². The maximum Gasteiger partial charge on any atom is 0.245 e. The van der Waals surface area contributed by atoms with Crippen LogP contribution in [-0.2, 0) is 4.79 Å². The highest BCUT2D eigenvalue weighted by Gasteiger charge is 2.34. The highest BCUT2D eigenvalue weighted by Crippen LogP contribution is 2.28. The molecular formula is C14H21N3O. The van der Waals surface area contributed by atoms with Crippen molar-refractivity contribution in [2.75, 3.05) is 30.8 Å². The standard InChI is InChI=1S/C14H21N3O/c1-3-9-17(12-7-5-4-6-11(12)15)13-8-10-16(2)14(13)18/h4-7,13H,3,8-10,15H2,1-2H3. The molecule has 0 bridgehead atoms. The first-order valence-corrected chi connectivity index (χ1v) is 6.51. The molecule has 1 atom stereocenters. The van der Waals surface area contributed by atoms with Crippen molar-refractivity contribution in [2.24, 2.45) is 0 Å². The van der Waals surface area contributed by atoms with E-state index in [0.29, 0.717) is 0 Å². The average molecular weight is 247 g/mol. The Hall–Kier alpha value is -1.71. The molecule has 4 nitrogen and oxygen atoms in total. The summed E-state index contributed by atoms with van der Waals surface area (Å²) >= 11 is 0. The molecule has 0 aliphatic carbocycles. The average Bonchev–Trinajstić information content (AvgIpc) is 2.69. The largest absolute Gasteiger partial charge is 0.397 e. The van der Waals surface area contributed by atoms with Crippen LogP contribution in [0.3, 0.4) is 0 Å². The van der Waals surface area contributed by atoms with E-state index in [4.69, 9.17) is 5.73 Å². The summed E-state index contributed by atoms with van der Waals surface area (Å²) in [6, 6.07) is 7.72. The van der Waals surface area contributed by atoms with Crippen LogP contribution >= 0.6 is 0 Å². The summed E-state index contributed by atoms with van der Waals surface area (Å²) < 4.78 is 0. The summed E-state index contributed by atoms with van der Waals surface area (Å²) in [6.45, 7) is 3.81. The van der Waals surface area contributed by atoms with Crippen molar-refractivity contribution in [2.45, 2.75) is 25.8 Å². The quantitative estimate of drug-likeness (QED) is 0.824. The van der Waals surface area contributed by atoms with Crippen molar-refractivity contribution in [1.29, 1.82) is 0 Å².